The molecule has 0 radical (unpaired) electrons. The summed E-state index contributed by atoms with van der Waals surface area (Å²) in [6.07, 6.45) is 1.05. The summed E-state index contributed by atoms with van der Waals surface area (Å²) in [6, 6.07) is 3.45. The molecule has 0 saturated heterocycles. The minimum Gasteiger partial charge on any atom is -0.382 e. The summed E-state index contributed by atoms with van der Waals surface area (Å²) < 4.78 is 0. The summed E-state index contributed by atoms with van der Waals surface area (Å²) in [5.74, 6) is 0.730. The van der Waals surface area contributed by atoms with Crippen LogP contribution < -0.4 is 11.1 Å². The number of aromatic nitrogens is 2. The van der Waals surface area contributed by atoms with Crippen LogP contribution in [0.3, 0.4) is 0 Å². The third kappa shape index (κ3) is 1.81. The number of nitrogens with two attached hydrogens (primary N) is 1. The van der Waals surface area contributed by atoms with Crippen molar-refractivity contribution in [3.63, 3.8) is 0 Å². The van der Waals surface area contributed by atoms with Crippen LogP contribution in [-0.4, -0.2) is 22.1 Å². The molecule has 1 fully saturated rings. The molecular weight excluding hydrogens is 180 g/mol. The molecule has 2 atom stereocenters. The predicted octanol–water partition coefficient (Wildman–Crippen LogP) is 0.197. The van der Waals surface area contributed by atoms with Gasteiger partial charge in [0, 0.05) is 6.04 Å². The largest absolute Gasteiger partial charge is 0.382 e. The molecule has 1 saturated carbocycles. The highest BCUT2D eigenvalue weighted by atomic mass is 16.2. The average molecular weight is 192 g/mol. The van der Waals surface area contributed by atoms with E-state index in [1.165, 1.54) is 0 Å². The molecule has 1 aromatic rings. The van der Waals surface area contributed by atoms with Crippen molar-refractivity contribution in [3.05, 3.63) is 17.8 Å². The van der Waals surface area contributed by atoms with E-state index in [9.17, 15) is 4.79 Å². The first kappa shape index (κ1) is 8.93. The summed E-state index contributed by atoms with van der Waals surface area (Å²) in [7, 11) is 0. The third-order valence-corrected chi connectivity index (χ3v) is 2.34. The molecule has 74 valence electrons. The minimum absolute atomic E-state index is 0.174. The fourth-order valence-corrected chi connectivity index (χ4v) is 1.23. The van der Waals surface area contributed by atoms with Crippen LogP contribution in [0.1, 0.15) is 23.8 Å². The SMILES string of the molecule is CC1CC1NC(=O)c1ccc(N)nn1. The standard InChI is InChI=1S/C9H12N4O/c1-5-4-7(5)11-9(14)6-2-3-8(10)13-12-6/h2-3,5,7H,4H2,1H3,(H2,10,13)(H,11,14). The van der Waals surface area contributed by atoms with E-state index >= 15 is 0 Å². The maximum absolute atomic E-state index is 11.5. The second-order valence-electron chi connectivity index (χ2n) is 3.64. The van der Waals surface area contributed by atoms with Gasteiger partial charge in [0.1, 0.15) is 5.82 Å². The lowest BCUT2D eigenvalue weighted by Crippen LogP contribution is -2.27. The van der Waals surface area contributed by atoms with Gasteiger partial charge < -0.3 is 11.1 Å². The summed E-state index contributed by atoms with van der Waals surface area (Å²) >= 11 is 0. The van der Waals surface area contributed by atoms with Gasteiger partial charge in [-0.15, -0.1) is 10.2 Å². The number of nitrogens with zero attached hydrogens (tertiary/aromatic N) is 2. The highest BCUT2D eigenvalue weighted by Gasteiger charge is 2.34. The maximum Gasteiger partial charge on any atom is 0.272 e. The molecule has 14 heavy (non-hydrogen) atoms. The Morgan fingerprint density at radius 2 is 2.29 bits per heavy atom. The van der Waals surface area contributed by atoms with Crippen LogP contribution in [0.4, 0.5) is 5.82 Å². The molecule has 1 aliphatic carbocycles. The molecule has 1 amide bonds. The number of carbonyl (C=O) groups excluding carboxylic acids is 1. The Morgan fingerprint density at radius 3 is 2.79 bits per heavy atom. The monoisotopic (exact) mass is 192 g/mol. The van der Waals surface area contributed by atoms with Gasteiger partial charge in [0.2, 0.25) is 0 Å². The van der Waals surface area contributed by atoms with Crippen molar-refractivity contribution < 1.29 is 4.79 Å². The highest BCUT2D eigenvalue weighted by Crippen LogP contribution is 2.29. The van der Waals surface area contributed by atoms with Gasteiger partial charge in [-0.25, -0.2) is 0 Å². The molecule has 5 nitrogen and oxygen atoms in total. The van der Waals surface area contributed by atoms with Gasteiger partial charge >= 0.3 is 0 Å². The quantitative estimate of drug-likeness (QED) is 0.701. The van der Waals surface area contributed by atoms with Crippen molar-refractivity contribution in [3.8, 4) is 0 Å². The number of nitrogens with one attached hydrogen (secondary N) is 1. The van der Waals surface area contributed by atoms with Crippen molar-refractivity contribution in [1.29, 1.82) is 0 Å². The number of hydrogen-bond donors (Lipinski definition) is 2. The number of anilines is 1. The molecule has 5 heteroatoms. The fourth-order valence-electron chi connectivity index (χ4n) is 1.23. The zero-order valence-corrected chi connectivity index (χ0v) is 7.90. The normalized spacial score (nSPS) is 24.4. The number of hydrogen-bond acceptors (Lipinski definition) is 4. The first-order valence-corrected chi connectivity index (χ1v) is 4.57. The molecule has 0 aliphatic heterocycles. The first-order chi connectivity index (χ1) is 6.66. The van der Waals surface area contributed by atoms with E-state index in [-0.39, 0.29) is 5.91 Å². The lowest BCUT2D eigenvalue weighted by molar-refractivity contribution is 0.0943. The van der Waals surface area contributed by atoms with E-state index in [1.54, 1.807) is 12.1 Å². The second kappa shape index (κ2) is 3.25. The van der Waals surface area contributed by atoms with E-state index in [4.69, 9.17) is 5.73 Å². The van der Waals surface area contributed by atoms with Crippen molar-refractivity contribution in [2.75, 3.05) is 5.73 Å². The Kier molecular flexibility index (Phi) is 2.07. The molecule has 2 rings (SSSR count). The van der Waals surface area contributed by atoms with Gasteiger partial charge in [0.15, 0.2) is 5.69 Å². The van der Waals surface area contributed by atoms with Gasteiger partial charge in [-0.05, 0) is 24.5 Å². The summed E-state index contributed by atoms with van der Waals surface area (Å²) in [5, 5.41) is 10.2. The molecule has 3 N–H and O–H groups in total. The van der Waals surface area contributed by atoms with Crippen LogP contribution in [0.15, 0.2) is 12.1 Å². The zero-order valence-electron chi connectivity index (χ0n) is 7.90. The Bertz CT molecular complexity index is 348. The van der Waals surface area contributed by atoms with E-state index in [2.05, 4.69) is 22.4 Å². The van der Waals surface area contributed by atoms with E-state index in [1.807, 2.05) is 0 Å². The third-order valence-electron chi connectivity index (χ3n) is 2.34. The molecule has 0 aromatic carbocycles. The number of carbonyl (C=O) groups is 1. The summed E-state index contributed by atoms with van der Waals surface area (Å²) in [6.45, 7) is 2.10. The molecular formula is C9H12N4O. The van der Waals surface area contributed by atoms with Crippen LogP contribution in [-0.2, 0) is 0 Å². The fraction of sp³-hybridized carbons (Fsp3) is 0.444. The highest BCUT2D eigenvalue weighted by molar-refractivity contribution is 5.92. The average Bonchev–Trinajstić information content (AvgIpc) is 2.82. The summed E-state index contributed by atoms with van der Waals surface area (Å²) in [5.41, 5.74) is 5.68. The Labute approximate surface area is 81.7 Å². The maximum atomic E-state index is 11.5. The zero-order chi connectivity index (χ0) is 10.1. The van der Waals surface area contributed by atoms with Crippen LogP contribution in [0, 0.1) is 5.92 Å². The van der Waals surface area contributed by atoms with E-state index in [0.29, 0.717) is 23.5 Å². The molecule has 0 bridgehead atoms. The smallest absolute Gasteiger partial charge is 0.272 e. The lowest BCUT2D eigenvalue weighted by Gasteiger charge is -2.01. The number of nitrogen functional groups attached to an aromatic ring is 1. The van der Waals surface area contributed by atoms with Gasteiger partial charge in [-0.1, -0.05) is 6.92 Å². The summed E-state index contributed by atoms with van der Waals surface area (Å²) in [4.78, 5) is 11.5. The Morgan fingerprint density at radius 1 is 1.57 bits per heavy atom. The topological polar surface area (TPSA) is 80.9 Å². The molecule has 1 heterocycles. The Hall–Kier alpha value is -1.65. The van der Waals surface area contributed by atoms with E-state index in [0.717, 1.165) is 6.42 Å². The van der Waals surface area contributed by atoms with Crippen molar-refractivity contribution >= 4 is 11.7 Å². The van der Waals surface area contributed by atoms with Crippen LogP contribution >= 0.6 is 0 Å². The lowest BCUT2D eigenvalue weighted by atomic mass is 10.3. The van der Waals surface area contributed by atoms with Crippen LogP contribution in [0.5, 0.6) is 0 Å². The van der Waals surface area contributed by atoms with Gasteiger partial charge in [-0.2, -0.15) is 0 Å². The predicted molar refractivity (Wildman–Crippen MR) is 51.5 cm³/mol. The van der Waals surface area contributed by atoms with Crippen molar-refractivity contribution in [1.82, 2.24) is 15.5 Å². The van der Waals surface area contributed by atoms with Crippen molar-refractivity contribution in [2.45, 2.75) is 19.4 Å². The van der Waals surface area contributed by atoms with Crippen LogP contribution in [0.25, 0.3) is 0 Å². The number of rotatable bonds is 2. The Balaban J connectivity index is 2.00. The first-order valence-electron chi connectivity index (χ1n) is 4.57. The van der Waals surface area contributed by atoms with Crippen molar-refractivity contribution in [2.24, 2.45) is 5.92 Å². The van der Waals surface area contributed by atoms with Gasteiger partial charge in [0.25, 0.3) is 5.91 Å². The molecule has 0 spiro atoms. The number of amides is 1. The van der Waals surface area contributed by atoms with Gasteiger partial charge in [-0.3, -0.25) is 4.79 Å². The molecule has 2 unspecified atom stereocenters. The van der Waals surface area contributed by atoms with Crippen LogP contribution in [0.2, 0.25) is 0 Å². The molecule has 1 aromatic heterocycles. The minimum atomic E-state index is -0.174. The molecule has 1 aliphatic rings. The van der Waals surface area contributed by atoms with Gasteiger partial charge in [0.05, 0.1) is 0 Å². The van der Waals surface area contributed by atoms with E-state index < -0.39 is 0 Å². The second-order valence-corrected chi connectivity index (χ2v) is 3.64.